The number of nitrogen functional groups attached to an aromatic ring is 1. The summed E-state index contributed by atoms with van der Waals surface area (Å²) < 4.78 is 7.27. The second-order valence-corrected chi connectivity index (χ2v) is 4.47. The number of hydrogen-bond donors (Lipinski definition) is 2. The Morgan fingerprint density at radius 2 is 2.25 bits per heavy atom. The summed E-state index contributed by atoms with van der Waals surface area (Å²) in [5.74, 6) is 0.907. The van der Waals surface area contributed by atoms with E-state index in [4.69, 9.17) is 10.5 Å². The molecule has 3 N–H and O–H groups in total. The van der Waals surface area contributed by atoms with Crippen LogP contribution in [0.25, 0.3) is 11.0 Å². The maximum atomic E-state index is 12.0. The lowest BCUT2D eigenvalue weighted by molar-refractivity contribution is -0.123. The molecule has 0 spiro atoms. The van der Waals surface area contributed by atoms with Gasteiger partial charge in [0, 0.05) is 6.54 Å². The molecule has 6 nitrogen and oxygen atoms in total. The Morgan fingerprint density at radius 1 is 1.50 bits per heavy atom. The largest absolute Gasteiger partial charge is 0.492 e. The van der Waals surface area contributed by atoms with Crippen molar-refractivity contribution in [3.63, 3.8) is 0 Å². The number of imidazole rings is 1. The number of aromatic nitrogens is 2. The average Bonchev–Trinajstić information content (AvgIpc) is 2.76. The lowest BCUT2D eigenvalue weighted by atomic mass is 10.2. The molecule has 0 saturated carbocycles. The van der Waals surface area contributed by atoms with E-state index in [0.29, 0.717) is 30.4 Å². The van der Waals surface area contributed by atoms with Crippen molar-refractivity contribution in [1.29, 1.82) is 0 Å². The molecule has 0 saturated heterocycles. The van der Waals surface area contributed by atoms with Crippen molar-refractivity contribution in [3.05, 3.63) is 18.2 Å². The quantitative estimate of drug-likeness (QED) is 0.871. The van der Waals surface area contributed by atoms with Crippen LogP contribution in [0.2, 0.25) is 0 Å². The first-order valence-corrected chi connectivity index (χ1v) is 6.77. The number of nitrogens with two attached hydrogens (primary N) is 1. The monoisotopic (exact) mass is 276 g/mol. The van der Waals surface area contributed by atoms with E-state index in [1.807, 2.05) is 32.0 Å². The van der Waals surface area contributed by atoms with E-state index >= 15 is 0 Å². The number of likely N-dealkylation sites (N-methyl/N-ethyl adjacent to an activating group) is 1. The highest BCUT2D eigenvalue weighted by Gasteiger charge is 2.21. The van der Waals surface area contributed by atoms with Gasteiger partial charge in [0.25, 0.3) is 0 Å². The van der Waals surface area contributed by atoms with Crippen molar-refractivity contribution >= 4 is 22.9 Å². The normalized spacial score (nSPS) is 12.3. The summed E-state index contributed by atoms with van der Waals surface area (Å²) in [5, 5.41) is 2.79. The smallest absolute Gasteiger partial charge is 0.242 e. The summed E-state index contributed by atoms with van der Waals surface area (Å²) in [5.41, 5.74) is 7.45. The molecule has 1 aromatic carbocycles. The number of para-hydroxylation sites is 1. The van der Waals surface area contributed by atoms with E-state index in [1.165, 1.54) is 0 Å². The highest BCUT2D eigenvalue weighted by molar-refractivity contribution is 5.88. The van der Waals surface area contributed by atoms with E-state index in [1.54, 1.807) is 11.5 Å². The van der Waals surface area contributed by atoms with Gasteiger partial charge in [0.15, 0.2) is 0 Å². The third-order valence-electron chi connectivity index (χ3n) is 3.13. The number of carbonyl (C=O) groups is 1. The molecular formula is C14H20N4O2. The van der Waals surface area contributed by atoms with E-state index in [-0.39, 0.29) is 5.91 Å². The first-order valence-electron chi connectivity index (χ1n) is 6.77. The number of nitrogens with one attached hydrogen (secondary N) is 1. The molecule has 0 bridgehead atoms. The van der Waals surface area contributed by atoms with Crippen LogP contribution in [-0.4, -0.2) is 28.6 Å². The van der Waals surface area contributed by atoms with Gasteiger partial charge in [-0.3, -0.25) is 9.36 Å². The van der Waals surface area contributed by atoms with E-state index in [9.17, 15) is 4.79 Å². The summed E-state index contributed by atoms with van der Waals surface area (Å²) in [4.78, 5) is 16.3. The topological polar surface area (TPSA) is 82.2 Å². The molecule has 6 heteroatoms. The molecule has 20 heavy (non-hydrogen) atoms. The zero-order chi connectivity index (χ0) is 14.7. The van der Waals surface area contributed by atoms with Crippen LogP contribution in [0, 0.1) is 0 Å². The number of ether oxygens (including phenoxy) is 1. The zero-order valence-corrected chi connectivity index (χ0v) is 12.0. The molecule has 0 aliphatic carbocycles. The number of hydrogen-bond acceptors (Lipinski definition) is 4. The fourth-order valence-corrected chi connectivity index (χ4v) is 2.23. The number of amides is 1. The molecule has 0 radical (unpaired) electrons. The van der Waals surface area contributed by atoms with Crippen molar-refractivity contribution in [2.45, 2.75) is 26.8 Å². The van der Waals surface area contributed by atoms with Gasteiger partial charge in [-0.05, 0) is 32.9 Å². The van der Waals surface area contributed by atoms with Gasteiger partial charge in [-0.2, -0.15) is 0 Å². The van der Waals surface area contributed by atoms with Gasteiger partial charge in [0.05, 0.1) is 12.1 Å². The van der Waals surface area contributed by atoms with Gasteiger partial charge in [0.2, 0.25) is 11.9 Å². The Bertz CT molecular complexity index is 621. The first kappa shape index (κ1) is 14.2. The standard InChI is InChI=1S/C14H20N4O2/c1-4-16-13(19)9(3)18-10-7-6-8-11(20-5-2)12(10)17-14(18)15/h6-9H,4-5H2,1-3H3,(H2,15,17)(H,16,19). The van der Waals surface area contributed by atoms with Crippen LogP contribution in [0.1, 0.15) is 26.8 Å². The maximum absolute atomic E-state index is 12.0. The molecule has 2 aromatic rings. The van der Waals surface area contributed by atoms with Crippen molar-refractivity contribution in [3.8, 4) is 5.75 Å². The Kier molecular flexibility index (Phi) is 4.12. The second kappa shape index (κ2) is 5.81. The summed E-state index contributed by atoms with van der Waals surface area (Å²) in [7, 11) is 0. The molecule has 0 aliphatic rings. The van der Waals surface area contributed by atoms with Crippen molar-refractivity contribution in [2.75, 3.05) is 18.9 Å². The van der Waals surface area contributed by atoms with Crippen LogP contribution in [0.15, 0.2) is 18.2 Å². The lowest BCUT2D eigenvalue weighted by Crippen LogP contribution is -2.31. The van der Waals surface area contributed by atoms with Crippen LogP contribution in [0.5, 0.6) is 5.75 Å². The van der Waals surface area contributed by atoms with Gasteiger partial charge in [0.1, 0.15) is 17.3 Å². The molecular weight excluding hydrogens is 256 g/mol. The van der Waals surface area contributed by atoms with E-state index in [2.05, 4.69) is 10.3 Å². The van der Waals surface area contributed by atoms with Crippen molar-refractivity contribution < 1.29 is 9.53 Å². The van der Waals surface area contributed by atoms with Crippen LogP contribution >= 0.6 is 0 Å². The van der Waals surface area contributed by atoms with Crippen molar-refractivity contribution in [1.82, 2.24) is 14.9 Å². The lowest BCUT2D eigenvalue weighted by Gasteiger charge is -2.15. The third-order valence-corrected chi connectivity index (χ3v) is 3.13. The molecule has 108 valence electrons. The minimum Gasteiger partial charge on any atom is -0.492 e. The van der Waals surface area contributed by atoms with Crippen LogP contribution in [-0.2, 0) is 4.79 Å². The number of anilines is 1. The molecule has 1 heterocycles. The van der Waals surface area contributed by atoms with Gasteiger partial charge >= 0.3 is 0 Å². The molecule has 0 aliphatic heterocycles. The van der Waals surface area contributed by atoms with Gasteiger partial charge in [-0.25, -0.2) is 4.98 Å². The summed E-state index contributed by atoms with van der Waals surface area (Å²) >= 11 is 0. The predicted molar refractivity (Wildman–Crippen MR) is 78.7 cm³/mol. The Hall–Kier alpha value is -2.24. The Labute approximate surface area is 117 Å². The number of rotatable bonds is 5. The summed E-state index contributed by atoms with van der Waals surface area (Å²) in [6.45, 7) is 6.73. The minimum absolute atomic E-state index is 0.0830. The molecule has 2 rings (SSSR count). The SMILES string of the molecule is CCNC(=O)C(C)n1c(N)nc2c(OCC)cccc21. The fraction of sp³-hybridized carbons (Fsp3) is 0.429. The van der Waals surface area contributed by atoms with Crippen LogP contribution < -0.4 is 15.8 Å². The number of carbonyl (C=O) groups excluding carboxylic acids is 1. The van der Waals surface area contributed by atoms with Crippen LogP contribution in [0.3, 0.4) is 0 Å². The molecule has 1 aromatic heterocycles. The first-order chi connectivity index (χ1) is 9.60. The molecule has 1 amide bonds. The van der Waals surface area contributed by atoms with Gasteiger partial charge < -0.3 is 15.8 Å². The second-order valence-electron chi connectivity index (χ2n) is 4.47. The highest BCUT2D eigenvalue weighted by Crippen LogP contribution is 2.29. The Morgan fingerprint density at radius 3 is 2.90 bits per heavy atom. The van der Waals surface area contributed by atoms with Gasteiger partial charge in [-0.1, -0.05) is 6.07 Å². The maximum Gasteiger partial charge on any atom is 0.242 e. The van der Waals surface area contributed by atoms with Crippen LogP contribution in [0.4, 0.5) is 5.95 Å². The average molecular weight is 276 g/mol. The highest BCUT2D eigenvalue weighted by atomic mass is 16.5. The Balaban J connectivity index is 2.51. The molecule has 0 fully saturated rings. The minimum atomic E-state index is -0.420. The van der Waals surface area contributed by atoms with Gasteiger partial charge in [-0.15, -0.1) is 0 Å². The molecule has 1 unspecified atom stereocenters. The zero-order valence-electron chi connectivity index (χ0n) is 12.0. The number of benzene rings is 1. The predicted octanol–water partition coefficient (Wildman–Crippen LogP) is 1.71. The van der Waals surface area contributed by atoms with E-state index in [0.717, 1.165) is 5.52 Å². The summed E-state index contributed by atoms with van der Waals surface area (Å²) in [6.07, 6.45) is 0. The summed E-state index contributed by atoms with van der Waals surface area (Å²) in [6, 6.07) is 5.18. The fourth-order valence-electron chi connectivity index (χ4n) is 2.23. The third kappa shape index (κ3) is 2.41. The number of nitrogens with zero attached hydrogens (tertiary/aromatic N) is 2. The number of fused-ring (bicyclic) bond motifs is 1. The van der Waals surface area contributed by atoms with E-state index < -0.39 is 6.04 Å². The molecule has 1 atom stereocenters. The van der Waals surface area contributed by atoms with Crippen molar-refractivity contribution in [2.24, 2.45) is 0 Å².